The lowest BCUT2D eigenvalue weighted by Crippen LogP contribution is -2.53. The van der Waals surface area contributed by atoms with Crippen LogP contribution >= 0.6 is 39.9 Å². The first-order chi connectivity index (χ1) is 11.2. The van der Waals surface area contributed by atoms with E-state index in [0.29, 0.717) is 18.4 Å². The number of nitrogens with zero attached hydrogens (tertiary/aromatic N) is 5. The molecule has 2 heterocycles. The summed E-state index contributed by atoms with van der Waals surface area (Å²) < 4.78 is 11.0. The fourth-order valence-electron chi connectivity index (χ4n) is 2.35. The van der Waals surface area contributed by atoms with Gasteiger partial charge in [-0.3, -0.25) is 4.99 Å². The molecule has 0 saturated carbocycles. The minimum Gasteiger partial charge on any atom is -0.480 e. The second-order valence-electron chi connectivity index (χ2n) is 4.97. The van der Waals surface area contributed by atoms with Crippen LogP contribution in [0.15, 0.2) is 15.7 Å². The highest BCUT2D eigenvalue weighted by atomic mass is 127. The number of aromatic nitrogens is 2. The highest BCUT2D eigenvalue weighted by Crippen LogP contribution is 2.23. The minimum absolute atomic E-state index is 0. The Hall–Kier alpha value is -0.880. The molecule has 1 aliphatic heterocycles. The topological polar surface area (TPSA) is 75.1 Å². The van der Waals surface area contributed by atoms with Gasteiger partial charge < -0.3 is 24.6 Å². The molecule has 1 saturated heterocycles. The van der Waals surface area contributed by atoms with Gasteiger partial charge in [0.1, 0.15) is 0 Å². The highest BCUT2D eigenvalue weighted by molar-refractivity contribution is 14.0. The van der Waals surface area contributed by atoms with Crippen LogP contribution in [0.2, 0.25) is 0 Å². The maximum Gasteiger partial charge on any atom is 0.232 e. The zero-order valence-corrected chi connectivity index (χ0v) is 18.1. The number of piperazine rings is 1. The lowest BCUT2D eigenvalue weighted by atomic mass is 10.3. The van der Waals surface area contributed by atoms with Gasteiger partial charge in [-0.1, -0.05) is 0 Å². The van der Waals surface area contributed by atoms with Crippen molar-refractivity contribution in [2.24, 2.45) is 4.99 Å². The zero-order valence-electron chi connectivity index (χ0n) is 14.2. The Labute approximate surface area is 168 Å². The van der Waals surface area contributed by atoms with E-state index in [0.717, 1.165) is 43.2 Å². The number of halogens is 2. The van der Waals surface area contributed by atoms with Crippen molar-refractivity contribution in [1.29, 1.82) is 0 Å². The number of ether oxygens (including phenoxy) is 2. The first-order valence-corrected chi connectivity index (χ1v) is 8.25. The Morgan fingerprint density at radius 1 is 1.33 bits per heavy atom. The van der Waals surface area contributed by atoms with Gasteiger partial charge in [0.2, 0.25) is 11.8 Å². The zero-order chi connectivity index (χ0) is 16.7. The lowest BCUT2D eigenvalue weighted by Gasteiger charge is -2.36. The van der Waals surface area contributed by atoms with E-state index in [2.05, 4.69) is 46.0 Å². The van der Waals surface area contributed by atoms with Gasteiger partial charge >= 0.3 is 0 Å². The van der Waals surface area contributed by atoms with E-state index < -0.39 is 0 Å². The van der Waals surface area contributed by atoms with Gasteiger partial charge in [0, 0.05) is 46.9 Å². The number of hydrogen-bond donors (Lipinski definition) is 1. The van der Waals surface area contributed by atoms with Crippen molar-refractivity contribution in [2.45, 2.75) is 0 Å². The molecule has 10 heteroatoms. The maximum atomic E-state index is 5.23. The molecule has 0 aromatic carbocycles. The third kappa shape index (κ3) is 5.59. The Kier molecular flexibility index (Phi) is 9.59. The Bertz CT molecular complexity index is 540. The van der Waals surface area contributed by atoms with Crippen LogP contribution in [0.1, 0.15) is 0 Å². The summed E-state index contributed by atoms with van der Waals surface area (Å²) in [5.41, 5.74) is 0. The summed E-state index contributed by atoms with van der Waals surface area (Å²) in [5.74, 6) is 2.14. The SMILES string of the molecule is CN=C(NCCOC)N1CCN(c2ncc(Br)c(OC)n2)CC1.I. The van der Waals surface area contributed by atoms with E-state index in [-0.39, 0.29) is 24.0 Å². The summed E-state index contributed by atoms with van der Waals surface area (Å²) in [7, 11) is 5.09. The van der Waals surface area contributed by atoms with E-state index in [1.807, 2.05) is 0 Å². The largest absolute Gasteiger partial charge is 0.480 e. The van der Waals surface area contributed by atoms with Crippen LogP contribution in [0.25, 0.3) is 0 Å². The molecule has 1 N–H and O–H groups in total. The number of methoxy groups -OCH3 is 2. The van der Waals surface area contributed by atoms with Crippen molar-refractivity contribution in [3.63, 3.8) is 0 Å². The van der Waals surface area contributed by atoms with Gasteiger partial charge in [0.05, 0.1) is 24.4 Å². The minimum atomic E-state index is 0. The van der Waals surface area contributed by atoms with Gasteiger partial charge in [0.15, 0.2) is 5.96 Å². The summed E-state index contributed by atoms with van der Waals surface area (Å²) >= 11 is 3.37. The van der Waals surface area contributed by atoms with Crippen molar-refractivity contribution >= 4 is 51.8 Å². The molecular weight excluding hydrogens is 491 g/mol. The van der Waals surface area contributed by atoms with E-state index in [9.17, 15) is 0 Å². The quantitative estimate of drug-likeness (QED) is 0.274. The molecule has 1 aliphatic rings. The summed E-state index contributed by atoms with van der Waals surface area (Å²) in [5, 5.41) is 3.30. The summed E-state index contributed by atoms with van der Waals surface area (Å²) in [6.07, 6.45) is 1.72. The van der Waals surface area contributed by atoms with Gasteiger partial charge in [-0.25, -0.2) is 4.98 Å². The molecule has 1 aromatic rings. The summed E-state index contributed by atoms with van der Waals surface area (Å²) in [4.78, 5) is 17.5. The number of aliphatic imine (C=N–C) groups is 1. The third-order valence-electron chi connectivity index (χ3n) is 3.56. The van der Waals surface area contributed by atoms with Gasteiger partial charge in [-0.05, 0) is 15.9 Å². The van der Waals surface area contributed by atoms with Crippen LogP contribution in [0.3, 0.4) is 0 Å². The van der Waals surface area contributed by atoms with E-state index in [1.165, 1.54) is 0 Å². The molecular formula is C14H24BrIN6O2. The van der Waals surface area contributed by atoms with Crippen LogP contribution in [0, 0.1) is 0 Å². The number of hydrogen-bond acceptors (Lipinski definition) is 6. The highest BCUT2D eigenvalue weighted by Gasteiger charge is 2.21. The Morgan fingerprint density at radius 2 is 2.04 bits per heavy atom. The molecule has 0 bridgehead atoms. The smallest absolute Gasteiger partial charge is 0.232 e. The first kappa shape index (κ1) is 21.2. The van der Waals surface area contributed by atoms with Crippen LogP contribution in [-0.2, 0) is 4.74 Å². The average Bonchev–Trinajstić information content (AvgIpc) is 2.59. The first-order valence-electron chi connectivity index (χ1n) is 7.45. The van der Waals surface area contributed by atoms with Crippen LogP contribution in [0.4, 0.5) is 5.95 Å². The molecule has 1 fully saturated rings. The molecule has 136 valence electrons. The fraction of sp³-hybridized carbons (Fsp3) is 0.643. The van der Waals surface area contributed by atoms with Crippen LogP contribution < -0.4 is 15.0 Å². The molecule has 0 amide bonds. The predicted octanol–water partition coefficient (Wildman–Crippen LogP) is 1.21. The molecule has 0 aliphatic carbocycles. The fourth-order valence-corrected chi connectivity index (χ4v) is 2.71. The number of guanidine groups is 1. The molecule has 8 nitrogen and oxygen atoms in total. The molecule has 0 radical (unpaired) electrons. The standard InChI is InChI=1S/C14H23BrN6O2.HI/c1-16-13(17-4-9-22-2)20-5-7-21(8-6-20)14-18-10-11(15)12(19-14)23-3;/h10H,4-9H2,1-3H3,(H,16,17);1H. The Morgan fingerprint density at radius 3 is 2.62 bits per heavy atom. The molecule has 0 atom stereocenters. The average molecular weight is 515 g/mol. The maximum absolute atomic E-state index is 5.23. The third-order valence-corrected chi connectivity index (χ3v) is 4.10. The van der Waals surface area contributed by atoms with E-state index in [1.54, 1.807) is 27.5 Å². The van der Waals surface area contributed by atoms with Gasteiger partial charge in [-0.2, -0.15) is 4.98 Å². The summed E-state index contributed by atoms with van der Waals surface area (Å²) in [6.45, 7) is 4.77. The van der Waals surface area contributed by atoms with Crippen molar-refractivity contribution < 1.29 is 9.47 Å². The number of nitrogens with one attached hydrogen (secondary N) is 1. The molecule has 24 heavy (non-hydrogen) atoms. The second kappa shape index (κ2) is 10.9. The molecule has 0 unspecified atom stereocenters. The van der Waals surface area contributed by atoms with Crippen LogP contribution in [0.5, 0.6) is 5.88 Å². The summed E-state index contributed by atoms with van der Waals surface area (Å²) in [6, 6.07) is 0. The van der Waals surface area contributed by atoms with E-state index in [4.69, 9.17) is 9.47 Å². The van der Waals surface area contributed by atoms with Gasteiger partial charge in [0.25, 0.3) is 0 Å². The van der Waals surface area contributed by atoms with Gasteiger partial charge in [-0.15, -0.1) is 24.0 Å². The van der Waals surface area contributed by atoms with Crippen molar-refractivity contribution in [3.05, 3.63) is 10.7 Å². The molecule has 1 aromatic heterocycles. The lowest BCUT2D eigenvalue weighted by molar-refractivity contribution is 0.202. The monoisotopic (exact) mass is 514 g/mol. The predicted molar refractivity (Wildman–Crippen MR) is 109 cm³/mol. The van der Waals surface area contributed by atoms with Crippen molar-refractivity contribution in [3.8, 4) is 5.88 Å². The molecule has 2 rings (SSSR count). The van der Waals surface area contributed by atoms with Crippen molar-refractivity contribution in [1.82, 2.24) is 20.2 Å². The van der Waals surface area contributed by atoms with Crippen LogP contribution in [-0.4, -0.2) is 81.4 Å². The molecule has 0 spiro atoms. The normalized spacial score (nSPS) is 15.1. The second-order valence-corrected chi connectivity index (χ2v) is 5.82. The number of anilines is 1. The number of rotatable bonds is 5. The Balaban J connectivity index is 0.00000288. The van der Waals surface area contributed by atoms with Crippen molar-refractivity contribution in [2.75, 3.05) is 65.5 Å². The van der Waals surface area contributed by atoms with E-state index >= 15 is 0 Å².